The Hall–Kier alpha value is -2.27. The molecule has 1 aliphatic carbocycles. The van der Waals surface area contributed by atoms with Crippen LogP contribution in [0.25, 0.3) is 0 Å². The lowest BCUT2D eigenvalue weighted by molar-refractivity contribution is -0.141. The topological polar surface area (TPSA) is 35.5 Å². The molecule has 0 spiro atoms. The van der Waals surface area contributed by atoms with Gasteiger partial charge in [-0.05, 0) is 80.3 Å². The van der Waals surface area contributed by atoms with Crippen LogP contribution in [0.4, 0.5) is 8.78 Å². The minimum absolute atomic E-state index is 0.0662. The highest BCUT2D eigenvalue weighted by Gasteiger charge is 2.28. The molecule has 2 aromatic rings. The molecule has 0 radical (unpaired) electrons. The van der Waals surface area contributed by atoms with Gasteiger partial charge in [0.2, 0.25) is 0 Å². The Bertz CT molecular complexity index is 827. The maximum atomic E-state index is 13.3. The molecule has 0 N–H and O–H groups in total. The van der Waals surface area contributed by atoms with Gasteiger partial charge in [-0.3, -0.25) is 4.79 Å². The van der Waals surface area contributed by atoms with E-state index in [0.29, 0.717) is 18.6 Å². The minimum Gasteiger partial charge on any atom is -0.426 e. The van der Waals surface area contributed by atoms with Crippen molar-refractivity contribution in [2.45, 2.75) is 70.8 Å². The van der Waals surface area contributed by atoms with E-state index in [0.717, 1.165) is 55.9 Å². The van der Waals surface area contributed by atoms with Crippen LogP contribution in [-0.2, 0) is 22.4 Å². The van der Waals surface area contributed by atoms with Crippen molar-refractivity contribution in [3.05, 3.63) is 65.2 Å². The molecule has 0 atom stereocenters. The van der Waals surface area contributed by atoms with Crippen molar-refractivity contribution in [1.82, 2.24) is 0 Å². The number of carbonyl (C=O) groups is 1. The number of hydrogen-bond donors (Lipinski definition) is 0. The van der Waals surface area contributed by atoms with Crippen LogP contribution in [0.2, 0.25) is 0 Å². The average Bonchev–Trinajstić information content (AvgIpc) is 2.79. The van der Waals surface area contributed by atoms with Crippen LogP contribution in [0.3, 0.4) is 0 Å². The first-order valence-electron chi connectivity index (χ1n) is 11.4. The van der Waals surface area contributed by atoms with E-state index in [2.05, 4.69) is 6.92 Å². The molecule has 168 valence electrons. The highest BCUT2D eigenvalue weighted by atomic mass is 19.2. The number of hydrogen-bond acceptors (Lipinski definition) is 3. The standard InChI is InChI=1S/C26H32F2O3/c1-2-3-4-17-30-22-14-10-21(11-15-22)26(29)31-23-12-7-19(8-13-23)5-6-20-9-16-24(27)25(28)18-20/h7-9,12-13,16,18,21-22H,2-6,10-11,14-15,17H2,1H3. The highest BCUT2D eigenvalue weighted by Crippen LogP contribution is 2.28. The quantitative estimate of drug-likeness (QED) is 0.248. The molecule has 1 aliphatic rings. The zero-order valence-electron chi connectivity index (χ0n) is 18.2. The maximum Gasteiger partial charge on any atom is 0.314 e. The van der Waals surface area contributed by atoms with E-state index < -0.39 is 11.6 Å². The molecule has 0 amide bonds. The summed E-state index contributed by atoms with van der Waals surface area (Å²) in [6.07, 6.45) is 8.52. The van der Waals surface area contributed by atoms with E-state index in [4.69, 9.17) is 9.47 Å². The Morgan fingerprint density at radius 3 is 2.26 bits per heavy atom. The first kappa shape index (κ1) is 23.4. The van der Waals surface area contributed by atoms with Gasteiger partial charge in [0.1, 0.15) is 5.75 Å². The molecule has 0 heterocycles. The van der Waals surface area contributed by atoms with Gasteiger partial charge in [-0.15, -0.1) is 0 Å². The summed E-state index contributed by atoms with van der Waals surface area (Å²) in [6.45, 7) is 3.00. The van der Waals surface area contributed by atoms with Gasteiger partial charge in [-0.1, -0.05) is 38.0 Å². The van der Waals surface area contributed by atoms with Gasteiger partial charge in [-0.25, -0.2) is 8.78 Å². The number of aryl methyl sites for hydroxylation is 2. The first-order chi connectivity index (χ1) is 15.0. The summed E-state index contributed by atoms with van der Waals surface area (Å²) >= 11 is 0. The molecule has 2 aromatic carbocycles. The number of esters is 1. The predicted molar refractivity (Wildman–Crippen MR) is 117 cm³/mol. The fourth-order valence-corrected chi connectivity index (χ4v) is 3.97. The van der Waals surface area contributed by atoms with Crippen molar-refractivity contribution in [2.75, 3.05) is 6.61 Å². The Kier molecular flexibility index (Phi) is 9.01. The number of rotatable bonds is 10. The second kappa shape index (κ2) is 11.9. The van der Waals surface area contributed by atoms with Gasteiger partial charge in [0.15, 0.2) is 11.6 Å². The Morgan fingerprint density at radius 1 is 0.903 bits per heavy atom. The third-order valence-corrected chi connectivity index (χ3v) is 5.94. The lowest BCUT2D eigenvalue weighted by Crippen LogP contribution is -2.29. The monoisotopic (exact) mass is 430 g/mol. The van der Waals surface area contributed by atoms with Crippen molar-refractivity contribution in [3.8, 4) is 5.75 Å². The second-order valence-corrected chi connectivity index (χ2v) is 8.37. The van der Waals surface area contributed by atoms with Crippen LogP contribution in [0.1, 0.15) is 63.0 Å². The molecular formula is C26H32F2O3. The summed E-state index contributed by atoms with van der Waals surface area (Å²) in [5.74, 6) is -1.35. The highest BCUT2D eigenvalue weighted by molar-refractivity contribution is 5.75. The molecule has 3 rings (SSSR count). The van der Waals surface area contributed by atoms with Gasteiger partial charge in [0, 0.05) is 6.61 Å². The zero-order valence-corrected chi connectivity index (χ0v) is 18.2. The number of benzene rings is 2. The lowest BCUT2D eigenvalue weighted by atomic mass is 9.87. The Balaban J connectivity index is 1.40. The number of ether oxygens (including phenoxy) is 2. The molecule has 31 heavy (non-hydrogen) atoms. The predicted octanol–water partition coefficient (Wildman–Crippen LogP) is 6.42. The van der Waals surface area contributed by atoms with Crippen molar-refractivity contribution < 1.29 is 23.0 Å². The summed E-state index contributed by atoms with van der Waals surface area (Å²) < 4.78 is 37.8. The molecule has 0 saturated heterocycles. The normalized spacial score (nSPS) is 18.7. The van der Waals surface area contributed by atoms with Crippen LogP contribution in [0.5, 0.6) is 5.75 Å². The fraction of sp³-hybridized carbons (Fsp3) is 0.500. The fourth-order valence-electron chi connectivity index (χ4n) is 3.97. The summed E-state index contributed by atoms with van der Waals surface area (Å²) in [7, 11) is 0. The van der Waals surface area contributed by atoms with E-state index >= 15 is 0 Å². The summed E-state index contributed by atoms with van der Waals surface area (Å²) in [5.41, 5.74) is 1.80. The number of carbonyl (C=O) groups excluding carboxylic acids is 1. The Morgan fingerprint density at radius 2 is 1.58 bits per heavy atom. The third-order valence-electron chi connectivity index (χ3n) is 5.94. The minimum atomic E-state index is -0.831. The van der Waals surface area contributed by atoms with Gasteiger partial charge < -0.3 is 9.47 Å². The molecule has 3 nitrogen and oxygen atoms in total. The van der Waals surface area contributed by atoms with Crippen LogP contribution in [0.15, 0.2) is 42.5 Å². The third kappa shape index (κ3) is 7.42. The maximum absolute atomic E-state index is 13.3. The van der Waals surface area contributed by atoms with Crippen LogP contribution < -0.4 is 4.74 Å². The van der Waals surface area contributed by atoms with E-state index in [-0.39, 0.29) is 18.0 Å². The van der Waals surface area contributed by atoms with Crippen molar-refractivity contribution >= 4 is 5.97 Å². The number of halogens is 2. The first-order valence-corrected chi connectivity index (χ1v) is 11.4. The van der Waals surface area contributed by atoms with E-state index in [1.54, 1.807) is 18.2 Å². The molecule has 0 unspecified atom stereocenters. The number of unbranched alkanes of at least 4 members (excludes halogenated alkanes) is 2. The average molecular weight is 431 g/mol. The van der Waals surface area contributed by atoms with E-state index in [9.17, 15) is 13.6 Å². The molecular weight excluding hydrogens is 398 g/mol. The van der Waals surface area contributed by atoms with Crippen molar-refractivity contribution in [3.63, 3.8) is 0 Å². The SMILES string of the molecule is CCCCCOC1CCC(C(=O)Oc2ccc(CCc3ccc(F)c(F)c3)cc2)CC1. The molecule has 1 fully saturated rings. The van der Waals surface area contributed by atoms with Crippen LogP contribution >= 0.6 is 0 Å². The molecule has 0 aliphatic heterocycles. The zero-order chi connectivity index (χ0) is 22.1. The smallest absolute Gasteiger partial charge is 0.314 e. The van der Waals surface area contributed by atoms with E-state index in [1.165, 1.54) is 18.9 Å². The molecule has 0 aromatic heterocycles. The summed E-state index contributed by atoms with van der Waals surface area (Å²) in [6, 6.07) is 11.4. The largest absolute Gasteiger partial charge is 0.426 e. The summed E-state index contributed by atoms with van der Waals surface area (Å²) in [4.78, 5) is 12.5. The van der Waals surface area contributed by atoms with Gasteiger partial charge in [0.05, 0.1) is 12.0 Å². The van der Waals surface area contributed by atoms with Crippen LogP contribution in [0, 0.1) is 17.6 Å². The molecule has 1 saturated carbocycles. The molecule has 0 bridgehead atoms. The van der Waals surface area contributed by atoms with Gasteiger partial charge in [0.25, 0.3) is 0 Å². The Labute approximate surface area is 183 Å². The summed E-state index contributed by atoms with van der Waals surface area (Å²) in [5, 5.41) is 0. The van der Waals surface area contributed by atoms with E-state index in [1.807, 2.05) is 12.1 Å². The van der Waals surface area contributed by atoms with Gasteiger partial charge in [-0.2, -0.15) is 0 Å². The van der Waals surface area contributed by atoms with Crippen LogP contribution in [-0.4, -0.2) is 18.7 Å². The van der Waals surface area contributed by atoms with Crippen molar-refractivity contribution in [2.24, 2.45) is 5.92 Å². The second-order valence-electron chi connectivity index (χ2n) is 8.37. The lowest BCUT2D eigenvalue weighted by Gasteiger charge is -2.27. The molecule has 5 heteroatoms. The van der Waals surface area contributed by atoms with Gasteiger partial charge >= 0.3 is 5.97 Å². The van der Waals surface area contributed by atoms with Crippen molar-refractivity contribution in [1.29, 1.82) is 0 Å².